The zero-order valence-corrected chi connectivity index (χ0v) is 12.9. The predicted octanol–water partition coefficient (Wildman–Crippen LogP) is 4.48. The van der Waals surface area contributed by atoms with Gasteiger partial charge in [0.15, 0.2) is 0 Å². The zero-order chi connectivity index (χ0) is 14.5. The van der Waals surface area contributed by atoms with Crippen LogP contribution in [0.3, 0.4) is 0 Å². The smallest absolute Gasteiger partial charge is 0.141 e. The fourth-order valence-corrected chi connectivity index (χ4v) is 3.43. The van der Waals surface area contributed by atoms with E-state index in [2.05, 4.69) is 31.1 Å². The second-order valence-electron chi connectivity index (χ2n) is 6.33. The Kier molecular flexibility index (Phi) is 5.53. The van der Waals surface area contributed by atoms with Crippen LogP contribution >= 0.6 is 0 Å². The lowest BCUT2D eigenvalue weighted by atomic mass is 9.77. The molecule has 0 amide bonds. The van der Waals surface area contributed by atoms with Gasteiger partial charge in [0.1, 0.15) is 5.82 Å². The minimum atomic E-state index is -0.263. The fraction of sp³-hybridized carbons (Fsp3) is 0.706. The van der Waals surface area contributed by atoms with Crippen molar-refractivity contribution in [2.24, 2.45) is 11.8 Å². The van der Waals surface area contributed by atoms with Crippen LogP contribution in [0.5, 0.6) is 0 Å². The molecule has 0 bridgehead atoms. The van der Waals surface area contributed by atoms with Crippen LogP contribution in [-0.4, -0.2) is 11.0 Å². The van der Waals surface area contributed by atoms with Crippen LogP contribution in [0.1, 0.15) is 64.6 Å². The van der Waals surface area contributed by atoms with Gasteiger partial charge in [0.25, 0.3) is 0 Å². The summed E-state index contributed by atoms with van der Waals surface area (Å²) in [6, 6.07) is 4.12. The molecule has 0 spiro atoms. The minimum absolute atomic E-state index is 0.236. The van der Waals surface area contributed by atoms with Gasteiger partial charge in [-0.05, 0) is 43.2 Å². The van der Waals surface area contributed by atoms with Crippen molar-refractivity contribution < 1.29 is 4.39 Å². The number of nitrogens with one attached hydrogen (secondary N) is 1. The number of pyridine rings is 1. The van der Waals surface area contributed by atoms with E-state index >= 15 is 0 Å². The second kappa shape index (κ2) is 7.16. The van der Waals surface area contributed by atoms with Crippen molar-refractivity contribution >= 4 is 0 Å². The molecule has 2 rings (SSSR count). The Morgan fingerprint density at radius 3 is 2.65 bits per heavy atom. The Labute approximate surface area is 122 Å². The summed E-state index contributed by atoms with van der Waals surface area (Å²) in [6.07, 6.45) is 7.55. The molecule has 1 aromatic rings. The third kappa shape index (κ3) is 3.78. The first-order valence-electron chi connectivity index (χ1n) is 7.99. The molecule has 1 heterocycles. The van der Waals surface area contributed by atoms with E-state index < -0.39 is 0 Å². The first-order chi connectivity index (χ1) is 9.61. The van der Waals surface area contributed by atoms with Crippen molar-refractivity contribution in [1.29, 1.82) is 0 Å². The Morgan fingerprint density at radius 1 is 1.30 bits per heavy atom. The van der Waals surface area contributed by atoms with Crippen molar-refractivity contribution in [3.63, 3.8) is 0 Å². The first-order valence-corrected chi connectivity index (χ1v) is 7.99. The van der Waals surface area contributed by atoms with Crippen molar-refractivity contribution in [3.8, 4) is 0 Å². The molecule has 3 heteroatoms. The summed E-state index contributed by atoms with van der Waals surface area (Å²) in [4.78, 5) is 4.25. The van der Waals surface area contributed by atoms with Crippen LogP contribution in [-0.2, 0) is 0 Å². The summed E-state index contributed by atoms with van der Waals surface area (Å²) >= 11 is 0. The molecule has 1 fully saturated rings. The molecule has 1 aliphatic carbocycles. The summed E-state index contributed by atoms with van der Waals surface area (Å²) in [5.74, 6) is 1.20. The van der Waals surface area contributed by atoms with Crippen LogP contribution in [0.25, 0.3) is 0 Å². The van der Waals surface area contributed by atoms with E-state index in [0.717, 1.165) is 18.0 Å². The van der Waals surface area contributed by atoms with Gasteiger partial charge in [-0.3, -0.25) is 4.98 Å². The second-order valence-corrected chi connectivity index (χ2v) is 6.33. The van der Waals surface area contributed by atoms with E-state index in [1.165, 1.54) is 37.9 Å². The van der Waals surface area contributed by atoms with Gasteiger partial charge in [-0.25, -0.2) is 4.39 Å². The maximum Gasteiger partial charge on any atom is 0.141 e. The highest BCUT2D eigenvalue weighted by molar-refractivity contribution is 5.10. The maximum absolute atomic E-state index is 13.0. The molecule has 3 atom stereocenters. The van der Waals surface area contributed by atoms with E-state index in [4.69, 9.17) is 0 Å². The third-order valence-electron chi connectivity index (χ3n) is 4.61. The standard InChI is InChI=1S/C17H27FN2/c1-4-15(17-10-9-13(18)11-19-17)20-16-8-6-5-7-14(16)12(2)3/h9-12,14-16,20H,4-8H2,1-3H3. The monoisotopic (exact) mass is 278 g/mol. The van der Waals surface area contributed by atoms with Crippen LogP contribution in [0, 0.1) is 17.7 Å². The Bertz CT molecular complexity index is 402. The number of aromatic nitrogens is 1. The number of hydrogen-bond acceptors (Lipinski definition) is 2. The summed E-state index contributed by atoms with van der Waals surface area (Å²) in [5, 5.41) is 3.79. The topological polar surface area (TPSA) is 24.9 Å². The van der Waals surface area contributed by atoms with Gasteiger partial charge in [0, 0.05) is 12.1 Å². The van der Waals surface area contributed by atoms with Crippen molar-refractivity contribution in [2.45, 2.75) is 65.0 Å². The number of hydrogen-bond donors (Lipinski definition) is 1. The molecule has 0 radical (unpaired) electrons. The normalized spacial score (nSPS) is 24.9. The molecule has 1 aliphatic rings. The highest BCUT2D eigenvalue weighted by Gasteiger charge is 2.29. The number of rotatable bonds is 5. The number of halogens is 1. The molecule has 0 aliphatic heterocycles. The Balaban J connectivity index is 2.06. The van der Waals surface area contributed by atoms with E-state index in [1.807, 2.05) is 6.07 Å². The fourth-order valence-electron chi connectivity index (χ4n) is 3.43. The molecule has 112 valence electrons. The third-order valence-corrected chi connectivity index (χ3v) is 4.61. The minimum Gasteiger partial charge on any atom is -0.306 e. The highest BCUT2D eigenvalue weighted by atomic mass is 19.1. The quantitative estimate of drug-likeness (QED) is 0.859. The molecular formula is C17H27FN2. The van der Waals surface area contributed by atoms with Crippen molar-refractivity contribution in [2.75, 3.05) is 0 Å². The molecule has 1 aromatic heterocycles. The van der Waals surface area contributed by atoms with Gasteiger partial charge in [-0.1, -0.05) is 33.6 Å². The predicted molar refractivity (Wildman–Crippen MR) is 80.9 cm³/mol. The molecule has 1 saturated carbocycles. The zero-order valence-electron chi connectivity index (χ0n) is 12.9. The maximum atomic E-state index is 13.0. The molecule has 0 saturated heterocycles. The van der Waals surface area contributed by atoms with Gasteiger partial charge >= 0.3 is 0 Å². The average molecular weight is 278 g/mol. The molecular weight excluding hydrogens is 251 g/mol. The van der Waals surface area contributed by atoms with E-state index in [0.29, 0.717) is 12.0 Å². The highest BCUT2D eigenvalue weighted by Crippen LogP contribution is 2.32. The van der Waals surface area contributed by atoms with Crippen LogP contribution < -0.4 is 5.32 Å². The molecule has 2 nitrogen and oxygen atoms in total. The summed E-state index contributed by atoms with van der Waals surface area (Å²) in [5.41, 5.74) is 0.960. The Morgan fingerprint density at radius 2 is 2.05 bits per heavy atom. The van der Waals surface area contributed by atoms with Gasteiger partial charge in [0.05, 0.1) is 11.9 Å². The SMILES string of the molecule is CCC(NC1CCCCC1C(C)C)c1ccc(F)cn1. The molecule has 1 N–H and O–H groups in total. The van der Waals surface area contributed by atoms with Crippen molar-refractivity contribution in [3.05, 3.63) is 29.8 Å². The molecule has 20 heavy (non-hydrogen) atoms. The Hall–Kier alpha value is -0.960. The van der Waals surface area contributed by atoms with Crippen LogP contribution in [0.4, 0.5) is 4.39 Å². The summed E-state index contributed by atoms with van der Waals surface area (Å²) < 4.78 is 13.0. The molecule has 0 aromatic carbocycles. The van der Waals surface area contributed by atoms with Gasteiger partial charge in [0.2, 0.25) is 0 Å². The van der Waals surface area contributed by atoms with E-state index in [-0.39, 0.29) is 11.9 Å². The lowest BCUT2D eigenvalue weighted by Crippen LogP contribution is -2.42. The van der Waals surface area contributed by atoms with Crippen molar-refractivity contribution in [1.82, 2.24) is 10.3 Å². The first kappa shape index (κ1) is 15.4. The summed E-state index contributed by atoms with van der Waals surface area (Å²) in [6.45, 7) is 6.80. The summed E-state index contributed by atoms with van der Waals surface area (Å²) in [7, 11) is 0. The van der Waals surface area contributed by atoms with Gasteiger partial charge in [-0.2, -0.15) is 0 Å². The molecule has 3 unspecified atom stereocenters. The van der Waals surface area contributed by atoms with Crippen LogP contribution in [0.15, 0.2) is 18.3 Å². The van der Waals surface area contributed by atoms with Gasteiger partial charge < -0.3 is 5.32 Å². The van der Waals surface area contributed by atoms with Gasteiger partial charge in [-0.15, -0.1) is 0 Å². The lowest BCUT2D eigenvalue weighted by Gasteiger charge is -2.37. The number of nitrogens with zero attached hydrogens (tertiary/aromatic N) is 1. The largest absolute Gasteiger partial charge is 0.306 e. The van der Waals surface area contributed by atoms with E-state index in [1.54, 1.807) is 0 Å². The van der Waals surface area contributed by atoms with Crippen LogP contribution in [0.2, 0.25) is 0 Å². The lowest BCUT2D eigenvalue weighted by molar-refractivity contribution is 0.190. The van der Waals surface area contributed by atoms with E-state index in [9.17, 15) is 4.39 Å². The average Bonchev–Trinajstić information content (AvgIpc) is 2.46.